The van der Waals surface area contributed by atoms with Crippen LogP contribution in [0.4, 0.5) is 11.5 Å². The summed E-state index contributed by atoms with van der Waals surface area (Å²) in [4.78, 5) is 18.5. The van der Waals surface area contributed by atoms with E-state index in [1.807, 2.05) is 13.8 Å². The number of aryl methyl sites for hydroxylation is 2. The molecule has 23 heavy (non-hydrogen) atoms. The van der Waals surface area contributed by atoms with Gasteiger partial charge in [-0.15, -0.1) is 6.58 Å². The van der Waals surface area contributed by atoms with Gasteiger partial charge in [-0.2, -0.15) is 4.98 Å². The first kappa shape index (κ1) is 16.7. The topological polar surface area (TPSA) is 90.2 Å². The van der Waals surface area contributed by atoms with Crippen LogP contribution in [0, 0.1) is 24.0 Å². The zero-order valence-electron chi connectivity index (χ0n) is 12.7. The third kappa shape index (κ3) is 3.75. The summed E-state index contributed by atoms with van der Waals surface area (Å²) in [7, 11) is 0. The third-order valence-electron chi connectivity index (χ3n) is 3.01. The summed E-state index contributed by atoms with van der Waals surface area (Å²) >= 11 is 6.11. The average molecular weight is 335 g/mol. The minimum atomic E-state index is -0.587. The molecule has 7 nitrogen and oxygen atoms in total. The molecule has 0 atom stereocenters. The number of hydrogen-bond acceptors (Lipinski definition) is 6. The van der Waals surface area contributed by atoms with Gasteiger partial charge in [0.25, 0.3) is 0 Å². The molecule has 0 saturated heterocycles. The van der Waals surface area contributed by atoms with Crippen molar-refractivity contribution in [3.63, 3.8) is 0 Å². The highest BCUT2D eigenvalue weighted by molar-refractivity contribution is 6.32. The van der Waals surface area contributed by atoms with Gasteiger partial charge < -0.3 is 10.1 Å². The molecule has 8 heteroatoms. The van der Waals surface area contributed by atoms with Crippen LogP contribution in [0.3, 0.4) is 0 Å². The van der Waals surface area contributed by atoms with Crippen molar-refractivity contribution < 1.29 is 9.66 Å². The number of ether oxygens (including phenoxy) is 1. The Kier molecular flexibility index (Phi) is 5.13. The minimum absolute atomic E-state index is 0.0716. The third-order valence-corrected chi connectivity index (χ3v) is 3.61. The van der Waals surface area contributed by atoms with Gasteiger partial charge in [0.2, 0.25) is 5.82 Å². The van der Waals surface area contributed by atoms with Crippen molar-refractivity contribution in [2.45, 2.75) is 13.8 Å². The van der Waals surface area contributed by atoms with E-state index in [1.54, 1.807) is 18.2 Å². The molecule has 1 N–H and O–H groups in total. The van der Waals surface area contributed by atoms with E-state index in [0.29, 0.717) is 17.3 Å². The Balaban J connectivity index is 2.43. The first-order valence-corrected chi connectivity index (χ1v) is 7.10. The lowest BCUT2D eigenvalue weighted by molar-refractivity contribution is -0.385. The van der Waals surface area contributed by atoms with Crippen LogP contribution in [-0.4, -0.2) is 21.4 Å². The molecule has 0 aliphatic carbocycles. The van der Waals surface area contributed by atoms with Crippen LogP contribution in [-0.2, 0) is 0 Å². The molecule has 0 aliphatic rings. The van der Waals surface area contributed by atoms with E-state index in [4.69, 9.17) is 16.3 Å². The van der Waals surface area contributed by atoms with Gasteiger partial charge in [0.1, 0.15) is 12.1 Å². The molecule has 1 heterocycles. The number of halogens is 1. The molecular formula is C15H15ClN4O3. The summed E-state index contributed by atoms with van der Waals surface area (Å²) < 4.78 is 5.59. The second-order valence-corrected chi connectivity index (χ2v) is 5.15. The Bertz CT molecular complexity index is 741. The summed E-state index contributed by atoms with van der Waals surface area (Å²) in [5.41, 5.74) is 1.28. The minimum Gasteiger partial charge on any atom is -0.434 e. The van der Waals surface area contributed by atoms with E-state index in [2.05, 4.69) is 21.9 Å². The quantitative estimate of drug-likeness (QED) is 0.487. The predicted molar refractivity (Wildman–Crippen MR) is 88.4 cm³/mol. The second kappa shape index (κ2) is 7.06. The molecule has 1 aromatic heterocycles. The molecule has 0 aliphatic heterocycles. The smallest absolute Gasteiger partial charge is 0.373 e. The Morgan fingerprint density at radius 2 is 2.04 bits per heavy atom. The van der Waals surface area contributed by atoms with E-state index < -0.39 is 4.92 Å². The van der Waals surface area contributed by atoms with Crippen molar-refractivity contribution in [1.82, 2.24) is 9.97 Å². The fraction of sp³-hybridized carbons (Fsp3) is 0.200. The van der Waals surface area contributed by atoms with Gasteiger partial charge in [0, 0.05) is 11.6 Å². The van der Waals surface area contributed by atoms with Gasteiger partial charge in [-0.3, -0.25) is 10.1 Å². The predicted octanol–water partition coefficient (Wildman–Crippen LogP) is 4.05. The Morgan fingerprint density at radius 3 is 2.61 bits per heavy atom. The Morgan fingerprint density at radius 1 is 1.39 bits per heavy atom. The lowest BCUT2D eigenvalue weighted by atomic mass is 10.1. The zero-order chi connectivity index (χ0) is 17.0. The molecule has 0 bridgehead atoms. The highest BCUT2D eigenvalue weighted by Crippen LogP contribution is 2.35. The van der Waals surface area contributed by atoms with Gasteiger partial charge in [-0.1, -0.05) is 17.7 Å². The first-order valence-electron chi connectivity index (χ1n) is 6.72. The number of aromatic nitrogens is 2. The molecule has 0 amide bonds. The number of hydrogen-bond donors (Lipinski definition) is 1. The van der Waals surface area contributed by atoms with Crippen LogP contribution in [0.2, 0.25) is 5.02 Å². The van der Waals surface area contributed by atoms with Crippen molar-refractivity contribution in [3.8, 4) is 11.6 Å². The maximum atomic E-state index is 11.3. The summed E-state index contributed by atoms with van der Waals surface area (Å²) in [6.07, 6.45) is 2.77. The van der Waals surface area contributed by atoms with E-state index in [-0.39, 0.29) is 17.4 Å². The van der Waals surface area contributed by atoms with Crippen LogP contribution in [0.5, 0.6) is 11.6 Å². The molecule has 0 radical (unpaired) electrons. The summed E-state index contributed by atoms with van der Waals surface area (Å²) in [6, 6.07) is 3.38. The summed E-state index contributed by atoms with van der Waals surface area (Å²) in [5, 5.41) is 14.8. The number of benzene rings is 1. The SMILES string of the molecule is C=CCNc1ncnc(Oc2cc(C)c(Cl)c(C)c2)c1[N+](=O)[O-]. The molecule has 0 fully saturated rings. The second-order valence-electron chi connectivity index (χ2n) is 4.78. The highest BCUT2D eigenvalue weighted by Gasteiger charge is 2.25. The normalized spacial score (nSPS) is 10.2. The first-order chi connectivity index (χ1) is 10.9. The fourth-order valence-corrected chi connectivity index (χ4v) is 2.09. The number of nitrogens with one attached hydrogen (secondary N) is 1. The fourth-order valence-electron chi connectivity index (χ4n) is 1.98. The van der Waals surface area contributed by atoms with Gasteiger partial charge >= 0.3 is 11.6 Å². The largest absolute Gasteiger partial charge is 0.434 e. The molecule has 1 aromatic carbocycles. The lowest BCUT2D eigenvalue weighted by Crippen LogP contribution is -2.06. The van der Waals surface area contributed by atoms with Crippen molar-refractivity contribution in [2.75, 3.05) is 11.9 Å². The van der Waals surface area contributed by atoms with E-state index in [1.165, 1.54) is 6.33 Å². The van der Waals surface area contributed by atoms with Crippen molar-refractivity contribution in [3.05, 3.63) is 57.4 Å². The van der Waals surface area contributed by atoms with Crippen molar-refractivity contribution in [1.29, 1.82) is 0 Å². The molecular weight excluding hydrogens is 320 g/mol. The van der Waals surface area contributed by atoms with E-state index in [0.717, 1.165) is 11.1 Å². The molecule has 120 valence electrons. The van der Waals surface area contributed by atoms with E-state index in [9.17, 15) is 10.1 Å². The Labute approximate surface area is 138 Å². The maximum absolute atomic E-state index is 11.3. The molecule has 0 spiro atoms. The molecule has 0 unspecified atom stereocenters. The zero-order valence-corrected chi connectivity index (χ0v) is 13.4. The van der Waals surface area contributed by atoms with Crippen LogP contribution in [0.1, 0.15) is 11.1 Å². The van der Waals surface area contributed by atoms with Crippen molar-refractivity contribution >= 4 is 23.1 Å². The van der Waals surface area contributed by atoms with Gasteiger partial charge in [0.15, 0.2) is 0 Å². The lowest BCUT2D eigenvalue weighted by Gasteiger charge is -2.10. The standard InChI is InChI=1S/C15H15ClN4O3/c1-4-5-17-14-13(20(21)22)15(19-8-18-14)23-11-6-9(2)12(16)10(3)7-11/h4,6-8H,1,5H2,2-3H3,(H,17,18,19). The van der Waals surface area contributed by atoms with Gasteiger partial charge in [0.05, 0.1) is 4.92 Å². The number of anilines is 1. The molecule has 0 saturated carbocycles. The van der Waals surface area contributed by atoms with Gasteiger partial charge in [-0.05, 0) is 37.1 Å². The van der Waals surface area contributed by atoms with Crippen LogP contribution >= 0.6 is 11.6 Å². The average Bonchev–Trinajstić information content (AvgIpc) is 2.50. The Hall–Kier alpha value is -2.67. The van der Waals surface area contributed by atoms with Crippen molar-refractivity contribution in [2.24, 2.45) is 0 Å². The van der Waals surface area contributed by atoms with Crippen LogP contribution in [0.15, 0.2) is 31.1 Å². The van der Waals surface area contributed by atoms with E-state index >= 15 is 0 Å². The summed E-state index contributed by atoms with van der Waals surface area (Å²) in [5.74, 6) is 0.348. The number of nitrogens with zero attached hydrogens (tertiary/aromatic N) is 3. The molecule has 2 rings (SSSR count). The number of rotatable bonds is 6. The van der Waals surface area contributed by atoms with Crippen LogP contribution < -0.4 is 10.1 Å². The van der Waals surface area contributed by atoms with Crippen LogP contribution in [0.25, 0.3) is 0 Å². The maximum Gasteiger partial charge on any atom is 0.373 e. The molecule has 2 aromatic rings. The summed E-state index contributed by atoms with van der Waals surface area (Å²) in [6.45, 7) is 7.53. The monoisotopic (exact) mass is 334 g/mol. The highest BCUT2D eigenvalue weighted by atomic mass is 35.5. The number of nitro groups is 1. The van der Waals surface area contributed by atoms with Gasteiger partial charge in [-0.25, -0.2) is 4.98 Å².